The Morgan fingerprint density at radius 1 is 0.905 bits per heavy atom. The molecular formula is C13H18O8. The van der Waals surface area contributed by atoms with Crippen LogP contribution >= 0.6 is 0 Å². The molecular weight excluding hydrogens is 284 g/mol. The van der Waals surface area contributed by atoms with Crippen LogP contribution in [0.4, 0.5) is 0 Å². The van der Waals surface area contributed by atoms with Crippen LogP contribution in [0.25, 0.3) is 0 Å². The van der Waals surface area contributed by atoms with Crippen molar-refractivity contribution < 1.29 is 39.2 Å². The first-order valence-electron chi connectivity index (χ1n) is 6.32. The summed E-state index contributed by atoms with van der Waals surface area (Å²) in [7, 11) is 0. The molecule has 0 radical (unpaired) electrons. The lowest BCUT2D eigenvalue weighted by molar-refractivity contribution is -0.163. The van der Waals surface area contributed by atoms with E-state index < -0.39 is 29.8 Å². The summed E-state index contributed by atoms with van der Waals surface area (Å²) < 4.78 is 4.41. The van der Waals surface area contributed by atoms with Gasteiger partial charge in [0, 0.05) is 5.57 Å². The second-order valence-corrected chi connectivity index (χ2v) is 4.37. The Morgan fingerprint density at radius 3 is 1.95 bits per heavy atom. The summed E-state index contributed by atoms with van der Waals surface area (Å²) in [5, 5.41) is 25.9. The molecule has 0 aromatic carbocycles. The topological polar surface area (TPSA) is 138 Å². The van der Waals surface area contributed by atoms with Crippen molar-refractivity contribution in [2.75, 3.05) is 6.61 Å². The van der Waals surface area contributed by atoms with E-state index in [0.717, 1.165) is 0 Å². The fourth-order valence-electron chi connectivity index (χ4n) is 1.63. The SMILES string of the molecule is C=C(C(=O)O)[C@@H](CCCCCCOC(=O)C(=O)O)C(=O)O. The molecule has 0 bridgehead atoms. The molecule has 118 valence electrons. The number of carbonyl (C=O) groups is 4. The maximum absolute atomic E-state index is 10.9. The average Bonchev–Trinajstić information content (AvgIpc) is 2.40. The summed E-state index contributed by atoms with van der Waals surface area (Å²) in [6.07, 6.45) is 2.32. The number of carboxylic acids is 3. The molecule has 8 heteroatoms. The van der Waals surface area contributed by atoms with Crippen LogP contribution < -0.4 is 0 Å². The number of unbranched alkanes of at least 4 members (excludes halogenated alkanes) is 3. The van der Waals surface area contributed by atoms with Gasteiger partial charge in [-0.05, 0) is 12.8 Å². The normalized spacial score (nSPS) is 11.4. The lowest BCUT2D eigenvalue weighted by atomic mass is 9.94. The Bertz CT molecular complexity index is 426. The van der Waals surface area contributed by atoms with E-state index in [-0.39, 0.29) is 18.6 Å². The molecule has 0 spiro atoms. The fraction of sp³-hybridized carbons (Fsp3) is 0.538. The number of rotatable bonds is 10. The first kappa shape index (κ1) is 18.6. The standard InChI is InChI=1S/C13H18O8/c1-8(10(14)15)9(11(16)17)6-4-2-3-5-7-21-13(20)12(18)19/h9H,1-7H2,(H,14,15)(H,16,17)(H,18,19)/t9-/m1/s1. The van der Waals surface area contributed by atoms with Gasteiger partial charge < -0.3 is 20.1 Å². The predicted molar refractivity (Wildman–Crippen MR) is 69.6 cm³/mol. The van der Waals surface area contributed by atoms with Gasteiger partial charge in [0.05, 0.1) is 12.5 Å². The molecule has 8 nitrogen and oxygen atoms in total. The zero-order valence-electron chi connectivity index (χ0n) is 11.4. The maximum atomic E-state index is 10.9. The highest BCUT2D eigenvalue weighted by atomic mass is 16.6. The zero-order chi connectivity index (χ0) is 16.4. The van der Waals surface area contributed by atoms with Crippen molar-refractivity contribution in [1.82, 2.24) is 0 Å². The summed E-state index contributed by atoms with van der Waals surface area (Å²) in [6.45, 7) is 3.23. The van der Waals surface area contributed by atoms with Crippen molar-refractivity contribution in [3.05, 3.63) is 12.2 Å². The van der Waals surface area contributed by atoms with Crippen molar-refractivity contribution in [3.8, 4) is 0 Å². The van der Waals surface area contributed by atoms with Crippen LogP contribution in [0.2, 0.25) is 0 Å². The van der Waals surface area contributed by atoms with E-state index in [9.17, 15) is 19.2 Å². The van der Waals surface area contributed by atoms with E-state index in [0.29, 0.717) is 25.7 Å². The van der Waals surface area contributed by atoms with E-state index in [1.165, 1.54) is 0 Å². The molecule has 0 saturated carbocycles. The van der Waals surface area contributed by atoms with E-state index in [4.69, 9.17) is 15.3 Å². The van der Waals surface area contributed by atoms with Gasteiger partial charge in [-0.2, -0.15) is 0 Å². The molecule has 0 aliphatic heterocycles. The molecule has 0 amide bonds. The third kappa shape index (κ3) is 7.71. The molecule has 0 rings (SSSR count). The molecule has 0 aromatic rings. The molecule has 3 N–H and O–H groups in total. The van der Waals surface area contributed by atoms with Crippen molar-refractivity contribution in [2.45, 2.75) is 32.1 Å². The molecule has 0 unspecified atom stereocenters. The fourth-order valence-corrected chi connectivity index (χ4v) is 1.63. The summed E-state index contributed by atoms with van der Waals surface area (Å²) in [4.78, 5) is 42.3. The Balaban J connectivity index is 3.85. The molecule has 0 fully saturated rings. The highest BCUT2D eigenvalue weighted by molar-refractivity contribution is 6.28. The van der Waals surface area contributed by atoms with Crippen LogP contribution in [0.5, 0.6) is 0 Å². The van der Waals surface area contributed by atoms with E-state index in [1.54, 1.807) is 0 Å². The summed E-state index contributed by atoms with van der Waals surface area (Å²) in [5.41, 5.74) is -0.349. The van der Waals surface area contributed by atoms with Crippen LogP contribution in [0.3, 0.4) is 0 Å². The van der Waals surface area contributed by atoms with Crippen LogP contribution in [-0.2, 0) is 23.9 Å². The van der Waals surface area contributed by atoms with Gasteiger partial charge in [0.2, 0.25) is 0 Å². The van der Waals surface area contributed by atoms with E-state index in [2.05, 4.69) is 11.3 Å². The van der Waals surface area contributed by atoms with Gasteiger partial charge in [-0.1, -0.05) is 25.8 Å². The first-order valence-corrected chi connectivity index (χ1v) is 6.32. The minimum absolute atomic E-state index is 0.0185. The highest BCUT2D eigenvalue weighted by Gasteiger charge is 2.24. The first-order chi connectivity index (χ1) is 9.77. The van der Waals surface area contributed by atoms with Gasteiger partial charge in [-0.3, -0.25) is 4.79 Å². The molecule has 0 aliphatic carbocycles. The lowest BCUT2D eigenvalue weighted by Crippen LogP contribution is -2.20. The number of carbonyl (C=O) groups excluding carboxylic acids is 1. The van der Waals surface area contributed by atoms with Crippen molar-refractivity contribution in [3.63, 3.8) is 0 Å². The summed E-state index contributed by atoms with van der Waals surface area (Å²) in [6, 6.07) is 0. The quantitative estimate of drug-likeness (QED) is 0.234. The van der Waals surface area contributed by atoms with Gasteiger partial charge in [-0.25, -0.2) is 14.4 Å². The highest BCUT2D eigenvalue weighted by Crippen LogP contribution is 2.18. The number of carboxylic acid groups (broad SMARTS) is 3. The predicted octanol–water partition coefficient (Wildman–Crippen LogP) is 0.906. The minimum Gasteiger partial charge on any atom is -0.481 e. The van der Waals surface area contributed by atoms with Crippen molar-refractivity contribution in [1.29, 1.82) is 0 Å². The molecule has 0 heterocycles. The van der Waals surface area contributed by atoms with Crippen molar-refractivity contribution in [2.24, 2.45) is 5.92 Å². The van der Waals surface area contributed by atoms with Crippen LogP contribution in [0, 0.1) is 5.92 Å². The molecule has 0 saturated heterocycles. The Morgan fingerprint density at radius 2 is 1.48 bits per heavy atom. The third-order valence-corrected chi connectivity index (χ3v) is 2.79. The number of aliphatic carboxylic acids is 3. The molecule has 0 aliphatic rings. The number of ether oxygens (including phenoxy) is 1. The third-order valence-electron chi connectivity index (χ3n) is 2.79. The van der Waals surface area contributed by atoms with Gasteiger partial charge in [-0.15, -0.1) is 0 Å². The van der Waals surface area contributed by atoms with Gasteiger partial charge in [0.15, 0.2) is 0 Å². The zero-order valence-corrected chi connectivity index (χ0v) is 11.4. The Hall–Kier alpha value is -2.38. The van der Waals surface area contributed by atoms with Crippen molar-refractivity contribution >= 4 is 23.9 Å². The Kier molecular flexibility index (Phi) is 8.43. The minimum atomic E-state index is -1.65. The summed E-state index contributed by atoms with van der Waals surface area (Å²) >= 11 is 0. The average molecular weight is 302 g/mol. The van der Waals surface area contributed by atoms with Gasteiger partial charge in [0.1, 0.15) is 0 Å². The second-order valence-electron chi connectivity index (χ2n) is 4.37. The van der Waals surface area contributed by atoms with Gasteiger partial charge in [0.25, 0.3) is 0 Å². The number of esters is 1. The number of hydrogen-bond donors (Lipinski definition) is 3. The molecule has 1 atom stereocenters. The smallest absolute Gasteiger partial charge is 0.417 e. The van der Waals surface area contributed by atoms with Gasteiger partial charge >= 0.3 is 23.9 Å². The molecule has 0 aromatic heterocycles. The lowest BCUT2D eigenvalue weighted by Gasteiger charge is -2.11. The maximum Gasteiger partial charge on any atom is 0.417 e. The van der Waals surface area contributed by atoms with Crippen LogP contribution in [-0.4, -0.2) is 45.8 Å². The number of hydrogen-bond acceptors (Lipinski definition) is 5. The monoisotopic (exact) mass is 302 g/mol. The molecule has 21 heavy (non-hydrogen) atoms. The summed E-state index contributed by atoms with van der Waals surface area (Å²) in [5.74, 6) is -6.63. The van der Waals surface area contributed by atoms with E-state index in [1.807, 2.05) is 0 Å². The van der Waals surface area contributed by atoms with Crippen LogP contribution in [0.15, 0.2) is 12.2 Å². The van der Waals surface area contributed by atoms with E-state index >= 15 is 0 Å². The largest absolute Gasteiger partial charge is 0.481 e. The Labute approximate surface area is 121 Å². The second kappa shape index (κ2) is 9.51. The van der Waals surface area contributed by atoms with Crippen LogP contribution in [0.1, 0.15) is 32.1 Å².